The van der Waals surface area contributed by atoms with Crippen molar-refractivity contribution in [2.24, 2.45) is 5.41 Å². The molecule has 1 aromatic carbocycles. The van der Waals surface area contributed by atoms with E-state index in [0.29, 0.717) is 26.2 Å². The Labute approximate surface area is 161 Å². The zero-order valence-corrected chi connectivity index (χ0v) is 16.9. The summed E-state index contributed by atoms with van der Waals surface area (Å²) in [5.41, 5.74) is 1.56. The molecule has 2 N–H and O–H groups in total. The van der Waals surface area contributed by atoms with Crippen LogP contribution in [-0.2, 0) is 4.74 Å². The fraction of sp³-hybridized carbons (Fsp3) is 0.667. The molecule has 3 rings (SSSR count). The van der Waals surface area contributed by atoms with E-state index in [1.54, 1.807) is 11.9 Å². The van der Waals surface area contributed by atoms with Gasteiger partial charge in [0, 0.05) is 44.2 Å². The normalized spacial score (nSPS) is 23.1. The first-order chi connectivity index (χ1) is 12.7. The van der Waals surface area contributed by atoms with Crippen LogP contribution in [-0.4, -0.2) is 55.1 Å². The van der Waals surface area contributed by atoms with Gasteiger partial charge in [0.05, 0.1) is 12.6 Å². The van der Waals surface area contributed by atoms with Crippen LogP contribution >= 0.6 is 0 Å². The molecule has 27 heavy (non-hydrogen) atoms. The first-order valence-corrected chi connectivity index (χ1v) is 9.73. The molecule has 1 atom stereocenters. The van der Waals surface area contributed by atoms with Crippen LogP contribution in [0.5, 0.6) is 5.75 Å². The number of aliphatic hydroxyl groups is 1. The van der Waals surface area contributed by atoms with E-state index in [2.05, 4.69) is 11.4 Å². The summed E-state index contributed by atoms with van der Waals surface area (Å²) in [5, 5.41) is 13.1. The van der Waals surface area contributed by atoms with Crippen molar-refractivity contribution < 1.29 is 19.4 Å². The van der Waals surface area contributed by atoms with Gasteiger partial charge in [-0.05, 0) is 39.7 Å². The summed E-state index contributed by atoms with van der Waals surface area (Å²) in [7, 11) is 1.80. The predicted octanol–water partition coefficient (Wildman–Crippen LogP) is 3.03. The van der Waals surface area contributed by atoms with Gasteiger partial charge in [0.15, 0.2) is 0 Å². The Morgan fingerprint density at radius 3 is 2.70 bits per heavy atom. The Morgan fingerprint density at radius 1 is 1.33 bits per heavy atom. The first kappa shape index (κ1) is 20.0. The molecule has 0 saturated carbocycles. The third-order valence-corrected chi connectivity index (χ3v) is 5.73. The van der Waals surface area contributed by atoms with Crippen LogP contribution < -0.4 is 10.1 Å². The average Bonchev–Trinajstić information content (AvgIpc) is 2.62. The smallest absolute Gasteiger partial charge is 0.317 e. The first-order valence-electron chi connectivity index (χ1n) is 9.73. The van der Waals surface area contributed by atoms with Crippen LogP contribution in [0.25, 0.3) is 0 Å². The Hall–Kier alpha value is -1.79. The zero-order valence-electron chi connectivity index (χ0n) is 16.9. The molecule has 2 aliphatic heterocycles. The van der Waals surface area contributed by atoms with Crippen molar-refractivity contribution in [2.45, 2.75) is 51.7 Å². The van der Waals surface area contributed by atoms with E-state index < -0.39 is 0 Å². The van der Waals surface area contributed by atoms with Crippen LogP contribution in [0.2, 0.25) is 0 Å². The molecule has 2 amide bonds. The number of carbonyl (C=O) groups excluding carboxylic acids is 1. The van der Waals surface area contributed by atoms with E-state index in [9.17, 15) is 9.90 Å². The second kappa shape index (κ2) is 7.68. The minimum absolute atomic E-state index is 0.0697. The number of aliphatic hydroxyl groups excluding tert-OH is 1. The van der Waals surface area contributed by atoms with E-state index >= 15 is 0 Å². The van der Waals surface area contributed by atoms with Gasteiger partial charge in [-0.15, -0.1) is 0 Å². The molecule has 1 aromatic rings. The molecule has 6 nitrogen and oxygen atoms in total. The highest BCUT2D eigenvalue weighted by atomic mass is 16.5. The van der Waals surface area contributed by atoms with E-state index in [-0.39, 0.29) is 29.7 Å². The second-order valence-electron chi connectivity index (χ2n) is 8.74. The van der Waals surface area contributed by atoms with Crippen molar-refractivity contribution in [3.05, 3.63) is 29.3 Å². The van der Waals surface area contributed by atoms with Crippen molar-refractivity contribution in [1.29, 1.82) is 0 Å². The lowest BCUT2D eigenvalue weighted by atomic mass is 9.80. The number of nitrogens with one attached hydrogen (secondary N) is 1. The highest BCUT2D eigenvalue weighted by Gasteiger charge is 2.37. The molecule has 0 bridgehead atoms. The van der Waals surface area contributed by atoms with Gasteiger partial charge in [-0.2, -0.15) is 0 Å². The number of hydrogen-bond acceptors (Lipinski definition) is 4. The SMILES string of the molecule is Cc1ccc2c(c1)[C@H](NC(=O)N(C)CC1(CO)CCOCC1)CC(C)(C)O2. The molecule has 1 fully saturated rings. The molecule has 1 saturated heterocycles. The van der Waals surface area contributed by atoms with Crippen LogP contribution in [0.1, 0.15) is 50.3 Å². The lowest BCUT2D eigenvalue weighted by Crippen LogP contribution is -2.49. The highest BCUT2D eigenvalue weighted by Crippen LogP contribution is 2.40. The molecular formula is C21H32N2O4. The maximum absolute atomic E-state index is 12.9. The van der Waals surface area contributed by atoms with E-state index in [1.807, 2.05) is 32.9 Å². The minimum atomic E-state index is -0.341. The number of fused-ring (bicyclic) bond motifs is 1. The van der Waals surface area contributed by atoms with Gasteiger partial charge in [-0.1, -0.05) is 17.7 Å². The van der Waals surface area contributed by atoms with Gasteiger partial charge in [0.2, 0.25) is 0 Å². The molecule has 0 spiro atoms. The summed E-state index contributed by atoms with van der Waals surface area (Å²) < 4.78 is 11.5. The van der Waals surface area contributed by atoms with Crippen LogP contribution in [0.3, 0.4) is 0 Å². The Balaban J connectivity index is 1.72. The number of aryl methyl sites for hydroxylation is 1. The third kappa shape index (κ3) is 4.55. The number of nitrogens with zero attached hydrogens (tertiary/aromatic N) is 1. The number of urea groups is 1. The molecule has 0 unspecified atom stereocenters. The lowest BCUT2D eigenvalue weighted by molar-refractivity contribution is -0.0263. The van der Waals surface area contributed by atoms with Crippen molar-refractivity contribution in [1.82, 2.24) is 10.2 Å². The summed E-state index contributed by atoms with van der Waals surface area (Å²) in [6, 6.07) is 5.88. The molecule has 0 aliphatic carbocycles. The summed E-state index contributed by atoms with van der Waals surface area (Å²) >= 11 is 0. The number of carbonyl (C=O) groups is 1. The van der Waals surface area contributed by atoms with Crippen LogP contribution in [0.4, 0.5) is 4.79 Å². The Kier molecular flexibility index (Phi) is 5.68. The number of amides is 2. The van der Waals surface area contributed by atoms with Crippen molar-refractivity contribution >= 4 is 6.03 Å². The molecule has 150 valence electrons. The zero-order chi connectivity index (χ0) is 19.7. The molecule has 2 heterocycles. The summed E-state index contributed by atoms with van der Waals surface area (Å²) in [6.07, 6.45) is 2.25. The molecule has 0 radical (unpaired) electrons. The standard InChI is InChI=1S/C21H32N2O4/c1-15-5-6-18-16(11-15)17(12-20(2,3)27-18)22-19(25)23(4)13-21(14-24)7-9-26-10-8-21/h5-6,11,17,24H,7-10,12-14H2,1-4H3,(H,22,25)/t17-/m1/s1. The number of ether oxygens (including phenoxy) is 2. The lowest BCUT2D eigenvalue weighted by Gasteiger charge is -2.40. The monoisotopic (exact) mass is 376 g/mol. The topological polar surface area (TPSA) is 71.0 Å². The number of hydrogen-bond donors (Lipinski definition) is 2. The van der Waals surface area contributed by atoms with Crippen LogP contribution in [0.15, 0.2) is 18.2 Å². The molecular weight excluding hydrogens is 344 g/mol. The number of benzene rings is 1. The summed E-state index contributed by atoms with van der Waals surface area (Å²) in [5.74, 6) is 0.834. The van der Waals surface area contributed by atoms with Gasteiger partial charge in [-0.25, -0.2) is 4.79 Å². The fourth-order valence-electron chi connectivity index (χ4n) is 4.11. The van der Waals surface area contributed by atoms with Crippen LogP contribution in [0, 0.1) is 12.3 Å². The maximum atomic E-state index is 12.9. The Morgan fingerprint density at radius 2 is 2.04 bits per heavy atom. The molecule has 6 heteroatoms. The minimum Gasteiger partial charge on any atom is -0.487 e. The fourth-order valence-corrected chi connectivity index (χ4v) is 4.11. The predicted molar refractivity (Wildman–Crippen MR) is 104 cm³/mol. The van der Waals surface area contributed by atoms with E-state index in [4.69, 9.17) is 9.47 Å². The van der Waals surface area contributed by atoms with Gasteiger partial charge in [0.25, 0.3) is 0 Å². The van der Waals surface area contributed by atoms with Crippen molar-refractivity contribution in [3.8, 4) is 5.75 Å². The number of rotatable bonds is 4. The van der Waals surface area contributed by atoms with Crippen molar-refractivity contribution in [2.75, 3.05) is 33.4 Å². The molecule has 0 aromatic heterocycles. The third-order valence-electron chi connectivity index (χ3n) is 5.73. The van der Waals surface area contributed by atoms with Gasteiger partial charge >= 0.3 is 6.03 Å². The second-order valence-corrected chi connectivity index (χ2v) is 8.74. The summed E-state index contributed by atoms with van der Waals surface area (Å²) in [6.45, 7) is 7.99. The van der Waals surface area contributed by atoms with Gasteiger partial charge in [-0.3, -0.25) is 0 Å². The van der Waals surface area contributed by atoms with Gasteiger partial charge in [0.1, 0.15) is 11.4 Å². The molecule has 2 aliphatic rings. The highest BCUT2D eigenvalue weighted by molar-refractivity contribution is 5.74. The Bertz CT molecular complexity index is 683. The van der Waals surface area contributed by atoms with E-state index in [1.165, 1.54) is 0 Å². The largest absolute Gasteiger partial charge is 0.487 e. The van der Waals surface area contributed by atoms with Crippen molar-refractivity contribution in [3.63, 3.8) is 0 Å². The maximum Gasteiger partial charge on any atom is 0.317 e. The summed E-state index contributed by atoms with van der Waals surface area (Å²) in [4.78, 5) is 14.6. The quantitative estimate of drug-likeness (QED) is 0.847. The van der Waals surface area contributed by atoms with Gasteiger partial charge < -0.3 is 24.8 Å². The average molecular weight is 376 g/mol. The van der Waals surface area contributed by atoms with E-state index in [0.717, 1.165) is 29.7 Å².